The van der Waals surface area contributed by atoms with Crippen LogP contribution in [0.4, 0.5) is 4.79 Å². The number of rotatable bonds is 11. The summed E-state index contributed by atoms with van der Waals surface area (Å²) in [5.74, 6) is -1.60. The lowest BCUT2D eigenvalue weighted by atomic mass is 9.86. The van der Waals surface area contributed by atoms with Crippen LogP contribution in [0.15, 0.2) is 65.1 Å². The number of amides is 2. The molecule has 1 aromatic heterocycles. The summed E-state index contributed by atoms with van der Waals surface area (Å²) >= 11 is 0. The van der Waals surface area contributed by atoms with Gasteiger partial charge >= 0.3 is 6.09 Å². The standard InChI is InChI=1S/C33H39NO6/c1-21(2)30-33(4,5)40-32(38)34(30)31(37)26(19-23-13-7-6-8-14-23)29(36)28-20-25(24-15-11-12-22(3)18-24)27(39-28)16-9-10-17-35/h6-8,11-15,18,20-21,26,30,35H,9-10,16-17,19H2,1-5H3/t26-,30+/m0/s1. The van der Waals surface area contributed by atoms with Crippen LogP contribution in [0.1, 0.15) is 68.0 Å². The Labute approximate surface area is 236 Å². The molecule has 2 aromatic carbocycles. The van der Waals surface area contributed by atoms with E-state index in [9.17, 15) is 19.5 Å². The summed E-state index contributed by atoms with van der Waals surface area (Å²) in [5, 5.41) is 9.29. The van der Waals surface area contributed by atoms with Crippen molar-refractivity contribution in [1.29, 1.82) is 0 Å². The average molecular weight is 546 g/mol. The van der Waals surface area contributed by atoms with E-state index in [0.717, 1.165) is 27.2 Å². The number of hydrogen-bond acceptors (Lipinski definition) is 6. The molecule has 2 atom stereocenters. The maximum absolute atomic E-state index is 14.2. The molecule has 1 aliphatic rings. The molecule has 0 unspecified atom stereocenters. The molecule has 0 saturated carbocycles. The molecular weight excluding hydrogens is 506 g/mol. The Morgan fingerprint density at radius 1 is 1.02 bits per heavy atom. The third kappa shape index (κ3) is 6.20. The minimum Gasteiger partial charge on any atom is -0.457 e. The maximum Gasteiger partial charge on any atom is 0.417 e. The van der Waals surface area contributed by atoms with E-state index in [4.69, 9.17) is 9.15 Å². The fourth-order valence-electron chi connectivity index (χ4n) is 5.76. The number of hydrogen-bond donors (Lipinski definition) is 1. The van der Waals surface area contributed by atoms with Crippen LogP contribution >= 0.6 is 0 Å². The van der Waals surface area contributed by atoms with Gasteiger partial charge in [-0.1, -0.05) is 74.0 Å². The molecule has 0 radical (unpaired) electrons. The van der Waals surface area contributed by atoms with E-state index in [2.05, 4.69) is 0 Å². The molecule has 1 aliphatic heterocycles. The number of aryl methyl sites for hydroxylation is 2. The van der Waals surface area contributed by atoms with Gasteiger partial charge in [-0.2, -0.15) is 0 Å². The predicted octanol–water partition coefficient (Wildman–Crippen LogP) is 6.39. The molecular formula is C33H39NO6. The Bertz CT molecular complexity index is 1360. The highest BCUT2D eigenvalue weighted by Gasteiger charge is 2.53. The summed E-state index contributed by atoms with van der Waals surface area (Å²) in [5.41, 5.74) is 2.69. The number of aliphatic hydroxyl groups excluding tert-OH is 1. The van der Waals surface area contributed by atoms with Crippen molar-refractivity contribution in [2.45, 2.75) is 71.9 Å². The zero-order chi connectivity index (χ0) is 29.0. The molecule has 7 nitrogen and oxygen atoms in total. The van der Waals surface area contributed by atoms with Crippen molar-refractivity contribution in [2.24, 2.45) is 11.8 Å². The number of Topliss-reactive ketones (excluding diaryl/α,β-unsaturated/α-hetero) is 1. The van der Waals surface area contributed by atoms with Crippen molar-refractivity contribution in [1.82, 2.24) is 4.90 Å². The fourth-order valence-corrected chi connectivity index (χ4v) is 5.76. The third-order valence-electron chi connectivity index (χ3n) is 7.50. The molecule has 3 aromatic rings. The van der Waals surface area contributed by atoms with Gasteiger partial charge in [0.1, 0.15) is 17.3 Å². The topological polar surface area (TPSA) is 97.1 Å². The molecule has 0 spiro atoms. The second-order valence-corrected chi connectivity index (χ2v) is 11.5. The first kappa shape index (κ1) is 29.3. The number of benzene rings is 2. The molecule has 1 saturated heterocycles. The van der Waals surface area contributed by atoms with Gasteiger partial charge in [0.25, 0.3) is 0 Å². The highest BCUT2D eigenvalue weighted by molar-refractivity contribution is 6.12. The van der Waals surface area contributed by atoms with Crippen LogP contribution in [0.25, 0.3) is 11.1 Å². The molecule has 2 heterocycles. The van der Waals surface area contributed by atoms with Gasteiger partial charge < -0.3 is 14.3 Å². The normalized spacial score (nSPS) is 17.2. The first-order valence-electron chi connectivity index (χ1n) is 14.0. The van der Waals surface area contributed by atoms with Gasteiger partial charge in [-0.05, 0) is 63.1 Å². The molecule has 4 rings (SSSR count). The fraction of sp³-hybridized carbons (Fsp3) is 0.424. The second kappa shape index (κ2) is 12.2. The lowest BCUT2D eigenvalue weighted by molar-refractivity contribution is -0.133. The number of imide groups is 1. The van der Waals surface area contributed by atoms with Crippen LogP contribution in [-0.4, -0.2) is 46.0 Å². The summed E-state index contributed by atoms with van der Waals surface area (Å²) in [6.45, 7) is 9.51. The van der Waals surface area contributed by atoms with Crippen LogP contribution in [0.5, 0.6) is 0 Å². The number of aliphatic hydroxyl groups is 1. The monoisotopic (exact) mass is 545 g/mol. The Hall–Kier alpha value is -3.71. The number of ether oxygens (including phenoxy) is 1. The van der Waals surface area contributed by atoms with Gasteiger partial charge in [-0.15, -0.1) is 0 Å². The number of carbonyl (C=O) groups excluding carboxylic acids is 3. The lowest BCUT2D eigenvalue weighted by Crippen LogP contribution is -2.51. The first-order chi connectivity index (χ1) is 19.0. The summed E-state index contributed by atoms with van der Waals surface area (Å²) in [6.07, 6.45) is 1.22. The largest absolute Gasteiger partial charge is 0.457 e. The Balaban J connectivity index is 1.76. The summed E-state index contributed by atoms with van der Waals surface area (Å²) in [4.78, 5) is 42.4. The average Bonchev–Trinajstić information content (AvgIpc) is 3.44. The SMILES string of the molecule is Cc1cccc(-c2cc(C(=O)[C@H](Cc3ccccc3)C(=O)N3C(=O)OC(C)(C)[C@H]3C(C)C)oc2CCCCO)c1. The second-order valence-electron chi connectivity index (χ2n) is 11.5. The van der Waals surface area contributed by atoms with E-state index in [1.807, 2.05) is 75.4 Å². The highest BCUT2D eigenvalue weighted by Crippen LogP contribution is 2.37. The van der Waals surface area contributed by atoms with Gasteiger partial charge in [0.05, 0.1) is 6.04 Å². The van der Waals surface area contributed by atoms with E-state index in [1.54, 1.807) is 19.9 Å². The van der Waals surface area contributed by atoms with Gasteiger partial charge in [-0.25, -0.2) is 9.69 Å². The zero-order valence-electron chi connectivity index (χ0n) is 24.0. The number of unbranched alkanes of at least 4 members (excludes halogenated alkanes) is 1. The zero-order valence-corrected chi connectivity index (χ0v) is 24.0. The van der Waals surface area contributed by atoms with Crippen molar-refractivity contribution in [3.05, 3.63) is 83.3 Å². The minimum atomic E-state index is -1.17. The first-order valence-corrected chi connectivity index (χ1v) is 14.0. The van der Waals surface area contributed by atoms with Gasteiger partial charge in [-0.3, -0.25) is 9.59 Å². The van der Waals surface area contributed by atoms with Gasteiger partial charge in [0.15, 0.2) is 5.76 Å². The number of nitrogens with zero attached hydrogens (tertiary/aromatic N) is 1. The number of cyclic esters (lactones) is 1. The molecule has 1 N–H and O–H groups in total. The predicted molar refractivity (Wildman–Crippen MR) is 153 cm³/mol. The molecule has 1 fully saturated rings. The van der Waals surface area contributed by atoms with Crippen LogP contribution in [0.2, 0.25) is 0 Å². The van der Waals surface area contributed by atoms with E-state index < -0.39 is 35.3 Å². The van der Waals surface area contributed by atoms with Gasteiger partial charge in [0.2, 0.25) is 11.7 Å². The van der Waals surface area contributed by atoms with E-state index in [0.29, 0.717) is 25.0 Å². The number of ketones is 1. The van der Waals surface area contributed by atoms with E-state index >= 15 is 0 Å². The number of furan rings is 1. The smallest absolute Gasteiger partial charge is 0.417 e. The molecule has 0 aliphatic carbocycles. The lowest BCUT2D eigenvalue weighted by Gasteiger charge is -2.32. The molecule has 40 heavy (non-hydrogen) atoms. The van der Waals surface area contributed by atoms with Crippen molar-refractivity contribution in [3.8, 4) is 11.1 Å². The summed E-state index contributed by atoms with van der Waals surface area (Å²) in [6, 6.07) is 18.4. The third-order valence-corrected chi connectivity index (χ3v) is 7.50. The maximum atomic E-state index is 14.2. The Morgan fingerprint density at radius 3 is 2.40 bits per heavy atom. The Kier molecular flexibility index (Phi) is 8.94. The van der Waals surface area contributed by atoms with Crippen LogP contribution in [0, 0.1) is 18.8 Å². The highest BCUT2D eigenvalue weighted by atomic mass is 16.6. The van der Waals surface area contributed by atoms with E-state index in [-0.39, 0.29) is 24.7 Å². The van der Waals surface area contributed by atoms with Crippen molar-refractivity contribution in [2.75, 3.05) is 6.61 Å². The summed E-state index contributed by atoms with van der Waals surface area (Å²) in [7, 11) is 0. The quantitative estimate of drug-likeness (QED) is 0.170. The minimum absolute atomic E-state index is 0.0687. The van der Waals surface area contributed by atoms with E-state index in [1.165, 1.54) is 0 Å². The van der Waals surface area contributed by atoms with Crippen LogP contribution in [-0.2, 0) is 22.4 Å². The van der Waals surface area contributed by atoms with Crippen LogP contribution in [0.3, 0.4) is 0 Å². The van der Waals surface area contributed by atoms with Crippen molar-refractivity contribution >= 4 is 17.8 Å². The van der Waals surface area contributed by atoms with Crippen LogP contribution < -0.4 is 0 Å². The summed E-state index contributed by atoms with van der Waals surface area (Å²) < 4.78 is 11.8. The molecule has 0 bridgehead atoms. The molecule has 2 amide bonds. The molecule has 7 heteroatoms. The Morgan fingerprint density at radius 2 is 1.75 bits per heavy atom. The van der Waals surface area contributed by atoms with Gasteiger partial charge in [0, 0.05) is 18.6 Å². The molecule has 212 valence electrons. The van der Waals surface area contributed by atoms with Crippen molar-refractivity contribution < 1.29 is 28.6 Å². The number of carbonyl (C=O) groups is 3. The van der Waals surface area contributed by atoms with Crippen molar-refractivity contribution in [3.63, 3.8) is 0 Å².